The number of carbonyl (C=O) groups excluding carboxylic acids is 2. The highest BCUT2D eigenvalue weighted by Crippen LogP contribution is 2.40. The molecule has 2 aromatic rings. The third kappa shape index (κ3) is 3.61. The second-order valence-corrected chi connectivity index (χ2v) is 5.99. The summed E-state index contributed by atoms with van der Waals surface area (Å²) >= 11 is 0. The number of rotatable bonds is 4. The van der Waals surface area contributed by atoms with Crippen LogP contribution in [0.15, 0.2) is 48.5 Å². The van der Waals surface area contributed by atoms with Crippen LogP contribution in [0.25, 0.3) is 0 Å². The van der Waals surface area contributed by atoms with E-state index in [-0.39, 0.29) is 23.7 Å². The van der Waals surface area contributed by atoms with Gasteiger partial charge < -0.3 is 10.6 Å². The van der Waals surface area contributed by atoms with Crippen molar-refractivity contribution in [2.24, 2.45) is 11.8 Å². The molecule has 0 heterocycles. The minimum absolute atomic E-state index is 0.124. The Morgan fingerprint density at radius 3 is 2.21 bits per heavy atom. The first kappa shape index (κ1) is 15.8. The van der Waals surface area contributed by atoms with Gasteiger partial charge in [0, 0.05) is 11.4 Å². The van der Waals surface area contributed by atoms with Crippen molar-refractivity contribution in [3.05, 3.63) is 59.7 Å². The normalized spacial score (nSPS) is 18.3. The maximum absolute atomic E-state index is 12.2. The number of carbonyl (C=O) groups is 2. The molecule has 3 rings (SSSR count). The fourth-order valence-electron chi connectivity index (χ4n) is 2.60. The zero-order chi connectivity index (χ0) is 17.1. The van der Waals surface area contributed by atoms with Crippen LogP contribution < -0.4 is 10.6 Å². The first-order valence-corrected chi connectivity index (χ1v) is 7.75. The molecule has 2 aromatic carbocycles. The Kier molecular flexibility index (Phi) is 4.30. The highest BCUT2D eigenvalue weighted by atomic mass is 16.2. The van der Waals surface area contributed by atoms with Gasteiger partial charge >= 0.3 is 0 Å². The first-order chi connectivity index (χ1) is 11.6. The lowest BCUT2D eigenvalue weighted by Gasteiger charge is -2.07. The molecule has 2 N–H and O–H groups in total. The Labute approximate surface area is 140 Å². The number of nitrogens with zero attached hydrogens (tertiary/aromatic N) is 1. The minimum atomic E-state index is -0.301. The van der Waals surface area contributed by atoms with Crippen molar-refractivity contribution in [3.8, 4) is 6.07 Å². The Morgan fingerprint density at radius 2 is 1.62 bits per heavy atom. The first-order valence-electron chi connectivity index (χ1n) is 7.75. The van der Waals surface area contributed by atoms with E-state index >= 15 is 0 Å². The Balaban J connectivity index is 1.55. The van der Waals surface area contributed by atoms with Crippen LogP contribution in [-0.4, -0.2) is 11.8 Å². The van der Waals surface area contributed by atoms with E-state index in [9.17, 15) is 9.59 Å². The number of aryl methyl sites for hydroxylation is 1. The topological polar surface area (TPSA) is 82.0 Å². The maximum atomic E-state index is 12.2. The fraction of sp³-hybridized carbons (Fsp3) is 0.211. The average molecular weight is 319 g/mol. The van der Waals surface area contributed by atoms with E-state index in [1.54, 1.807) is 24.3 Å². The summed E-state index contributed by atoms with van der Waals surface area (Å²) in [5.74, 6) is -0.876. The van der Waals surface area contributed by atoms with Crippen LogP contribution in [-0.2, 0) is 9.59 Å². The molecule has 5 nitrogen and oxygen atoms in total. The minimum Gasteiger partial charge on any atom is -0.326 e. The monoisotopic (exact) mass is 319 g/mol. The number of nitrogens with one attached hydrogen (secondary N) is 2. The summed E-state index contributed by atoms with van der Waals surface area (Å²) in [5.41, 5.74) is 2.98. The van der Waals surface area contributed by atoms with E-state index in [1.165, 1.54) is 0 Å². The van der Waals surface area contributed by atoms with Gasteiger partial charge in [-0.2, -0.15) is 5.26 Å². The van der Waals surface area contributed by atoms with E-state index in [2.05, 4.69) is 10.6 Å². The van der Waals surface area contributed by atoms with Gasteiger partial charge in [-0.05, 0) is 55.3 Å². The third-order valence-corrected chi connectivity index (χ3v) is 4.03. The second kappa shape index (κ2) is 6.55. The molecule has 0 spiro atoms. The predicted molar refractivity (Wildman–Crippen MR) is 91.2 cm³/mol. The SMILES string of the molecule is Cc1cccc(NC(=O)C2CC2C(=O)Nc2ccc(C#N)cc2)c1. The summed E-state index contributed by atoms with van der Waals surface area (Å²) in [4.78, 5) is 24.4. The van der Waals surface area contributed by atoms with Crippen molar-refractivity contribution in [1.29, 1.82) is 5.26 Å². The number of amides is 2. The van der Waals surface area contributed by atoms with Crippen LogP contribution in [0.1, 0.15) is 17.5 Å². The summed E-state index contributed by atoms with van der Waals surface area (Å²) < 4.78 is 0. The van der Waals surface area contributed by atoms with Crippen molar-refractivity contribution in [2.45, 2.75) is 13.3 Å². The molecule has 120 valence electrons. The average Bonchev–Trinajstić information content (AvgIpc) is 3.36. The number of nitriles is 1. The van der Waals surface area contributed by atoms with Gasteiger partial charge in [-0.1, -0.05) is 12.1 Å². The van der Waals surface area contributed by atoms with Crippen LogP contribution in [0.4, 0.5) is 11.4 Å². The Hall–Kier alpha value is -3.13. The van der Waals surface area contributed by atoms with Crippen LogP contribution >= 0.6 is 0 Å². The maximum Gasteiger partial charge on any atom is 0.228 e. The van der Waals surface area contributed by atoms with Crippen molar-refractivity contribution in [3.63, 3.8) is 0 Å². The molecular weight excluding hydrogens is 302 g/mol. The van der Waals surface area contributed by atoms with Gasteiger partial charge in [0.05, 0.1) is 23.5 Å². The lowest BCUT2D eigenvalue weighted by Crippen LogP contribution is -2.20. The molecule has 0 aromatic heterocycles. The van der Waals surface area contributed by atoms with Gasteiger partial charge in [-0.15, -0.1) is 0 Å². The van der Waals surface area contributed by atoms with Crippen molar-refractivity contribution in [2.75, 3.05) is 10.6 Å². The van der Waals surface area contributed by atoms with Crippen LogP contribution in [0.2, 0.25) is 0 Å². The lowest BCUT2D eigenvalue weighted by atomic mass is 10.2. The molecule has 0 radical (unpaired) electrons. The zero-order valence-electron chi connectivity index (χ0n) is 13.2. The fourth-order valence-corrected chi connectivity index (χ4v) is 2.60. The quantitative estimate of drug-likeness (QED) is 0.908. The van der Waals surface area contributed by atoms with Gasteiger partial charge in [0.25, 0.3) is 0 Å². The predicted octanol–water partition coefficient (Wildman–Crippen LogP) is 3.08. The summed E-state index contributed by atoms with van der Waals surface area (Å²) in [6.45, 7) is 1.96. The molecule has 1 aliphatic rings. The largest absolute Gasteiger partial charge is 0.326 e. The second-order valence-electron chi connectivity index (χ2n) is 5.99. The molecule has 2 amide bonds. The summed E-state index contributed by atoms with van der Waals surface area (Å²) in [7, 11) is 0. The molecule has 24 heavy (non-hydrogen) atoms. The number of anilines is 2. The molecule has 5 heteroatoms. The molecular formula is C19H17N3O2. The molecule has 0 saturated heterocycles. The number of benzene rings is 2. The van der Waals surface area contributed by atoms with Crippen molar-refractivity contribution in [1.82, 2.24) is 0 Å². The lowest BCUT2D eigenvalue weighted by molar-refractivity contribution is -0.122. The van der Waals surface area contributed by atoms with Gasteiger partial charge in [-0.3, -0.25) is 9.59 Å². The molecule has 0 aliphatic heterocycles. The van der Waals surface area contributed by atoms with E-state index in [0.29, 0.717) is 17.7 Å². The third-order valence-electron chi connectivity index (χ3n) is 4.03. The summed E-state index contributed by atoms with van der Waals surface area (Å²) in [5, 5.41) is 14.4. The summed E-state index contributed by atoms with van der Waals surface area (Å²) in [6, 6.07) is 16.2. The van der Waals surface area contributed by atoms with Gasteiger partial charge in [0.1, 0.15) is 0 Å². The van der Waals surface area contributed by atoms with Gasteiger partial charge in [0.15, 0.2) is 0 Å². The molecule has 0 bridgehead atoms. The van der Waals surface area contributed by atoms with Crippen LogP contribution in [0.3, 0.4) is 0 Å². The molecule has 2 atom stereocenters. The van der Waals surface area contributed by atoms with Crippen molar-refractivity contribution < 1.29 is 9.59 Å². The van der Waals surface area contributed by atoms with Crippen LogP contribution in [0, 0.1) is 30.1 Å². The highest BCUT2D eigenvalue weighted by molar-refractivity contribution is 6.03. The standard InChI is InChI=1S/C19H17N3O2/c1-12-3-2-4-15(9-12)22-19(24)17-10-16(17)18(23)21-14-7-5-13(11-20)6-8-14/h2-9,16-17H,10H2,1H3,(H,21,23)(H,22,24). The Bertz CT molecular complexity index is 821. The molecule has 1 aliphatic carbocycles. The smallest absolute Gasteiger partial charge is 0.228 e. The Morgan fingerprint density at radius 1 is 1.00 bits per heavy atom. The van der Waals surface area contributed by atoms with Crippen molar-refractivity contribution >= 4 is 23.2 Å². The molecule has 1 fully saturated rings. The van der Waals surface area contributed by atoms with Gasteiger partial charge in [-0.25, -0.2) is 0 Å². The van der Waals surface area contributed by atoms with E-state index < -0.39 is 0 Å². The zero-order valence-corrected chi connectivity index (χ0v) is 13.2. The molecule has 2 unspecified atom stereocenters. The molecule has 1 saturated carbocycles. The van der Waals surface area contributed by atoms with E-state index in [0.717, 1.165) is 11.3 Å². The number of hydrogen-bond acceptors (Lipinski definition) is 3. The summed E-state index contributed by atoms with van der Waals surface area (Å²) in [6.07, 6.45) is 0.555. The van der Waals surface area contributed by atoms with E-state index in [4.69, 9.17) is 5.26 Å². The number of hydrogen-bond donors (Lipinski definition) is 2. The van der Waals surface area contributed by atoms with E-state index in [1.807, 2.05) is 37.3 Å². The van der Waals surface area contributed by atoms with Crippen LogP contribution in [0.5, 0.6) is 0 Å². The van der Waals surface area contributed by atoms with Gasteiger partial charge in [0.2, 0.25) is 11.8 Å². The highest BCUT2D eigenvalue weighted by Gasteiger charge is 2.48.